The van der Waals surface area contributed by atoms with Crippen LogP contribution < -0.4 is 5.56 Å². The minimum Gasteiger partial charge on any atom is -0.477 e. The molecular formula is C13H10FNO3. The molecule has 0 aliphatic heterocycles. The highest BCUT2D eigenvalue weighted by molar-refractivity contribution is 5.87. The van der Waals surface area contributed by atoms with Crippen molar-refractivity contribution in [2.75, 3.05) is 0 Å². The molecule has 0 saturated carbocycles. The van der Waals surface area contributed by atoms with Crippen LogP contribution in [0.5, 0.6) is 0 Å². The number of pyridine rings is 1. The maximum Gasteiger partial charge on any atom is 0.341 e. The highest BCUT2D eigenvalue weighted by atomic mass is 19.1. The molecule has 0 radical (unpaired) electrons. The Morgan fingerprint density at radius 3 is 2.67 bits per heavy atom. The quantitative estimate of drug-likeness (QED) is 0.882. The second kappa shape index (κ2) is 4.44. The Hall–Kier alpha value is -2.43. The van der Waals surface area contributed by atoms with Gasteiger partial charge < -0.3 is 5.11 Å². The Morgan fingerprint density at radius 1 is 1.33 bits per heavy atom. The van der Waals surface area contributed by atoms with E-state index in [1.807, 2.05) is 0 Å². The molecule has 1 N–H and O–H groups in total. The number of nitrogens with zero attached hydrogens (tertiary/aromatic N) is 1. The van der Waals surface area contributed by atoms with Gasteiger partial charge in [0.25, 0.3) is 5.56 Å². The van der Waals surface area contributed by atoms with Crippen molar-refractivity contribution in [3.63, 3.8) is 0 Å². The molecule has 18 heavy (non-hydrogen) atoms. The Bertz CT molecular complexity index is 676. The molecule has 0 spiro atoms. The standard InChI is InChI=1S/C13H10FNO3/c1-8-5-11(13(17)18)12(16)15(7-8)10-4-2-3-9(14)6-10/h2-7H,1H3,(H,17,18). The molecule has 0 saturated heterocycles. The predicted octanol–water partition coefficient (Wildman–Crippen LogP) is 1.98. The third-order valence-corrected chi connectivity index (χ3v) is 2.47. The number of rotatable bonds is 2. The summed E-state index contributed by atoms with van der Waals surface area (Å²) in [5.41, 5.74) is -0.111. The summed E-state index contributed by atoms with van der Waals surface area (Å²) >= 11 is 0. The Morgan fingerprint density at radius 2 is 2.06 bits per heavy atom. The minimum absolute atomic E-state index is 0.297. The molecule has 2 rings (SSSR count). The molecule has 1 aromatic carbocycles. The Kier molecular flexibility index (Phi) is 2.97. The van der Waals surface area contributed by atoms with Crippen LogP contribution in [0.2, 0.25) is 0 Å². The van der Waals surface area contributed by atoms with Gasteiger partial charge in [0.2, 0.25) is 0 Å². The van der Waals surface area contributed by atoms with Gasteiger partial charge >= 0.3 is 5.97 Å². The molecule has 0 bridgehead atoms. The molecule has 92 valence electrons. The molecule has 0 aliphatic carbocycles. The zero-order chi connectivity index (χ0) is 13.3. The number of hydrogen-bond acceptors (Lipinski definition) is 2. The Labute approximate surface area is 102 Å². The van der Waals surface area contributed by atoms with Gasteiger partial charge in [0.15, 0.2) is 0 Å². The molecule has 5 heteroatoms. The third-order valence-electron chi connectivity index (χ3n) is 2.47. The van der Waals surface area contributed by atoms with Gasteiger partial charge in [-0.25, -0.2) is 9.18 Å². The fraction of sp³-hybridized carbons (Fsp3) is 0.0769. The first-order valence-corrected chi connectivity index (χ1v) is 5.21. The van der Waals surface area contributed by atoms with Gasteiger partial charge in [-0.15, -0.1) is 0 Å². The summed E-state index contributed by atoms with van der Waals surface area (Å²) in [6, 6.07) is 6.71. The molecule has 4 nitrogen and oxygen atoms in total. The van der Waals surface area contributed by atoms with Crippen molar-refractivity contribution in [1.82, 2.24) is 4.57 Å². The molecule has 1 aromatic heterocycles. The van der Waals surface area contributed by atoms with Gasteiger partial charge in [-0.1, -0.05) is 6.07 Å². The maximum absolute atomic E-state index is 13.1. The van der Waals surface area contributed by atoms with Crippen molar-refractivity contribution in [2.45, 2.75) is 6.92 Å². The van der Waals surface area contributed by atoms with Crippen LogP contribution in [0.3, 0.4) is 0 Å². The van der Waals surface area contributed by atoms with E-state index in [9.17, 15) is 14.0 Å². The monoisotopic (exact) mass is 247 g/mol. The van der Waals surface area contributed by atoms with Gasteiger partial charge in [-0.05, 0) is 36.8 Å². The van der Waals surface area contributed by atoms with E-state index < -0.39 is 17.3 Å². The second-order valence-electron chi connectivity index (χ2n) is 3.89. The number of halogens is 1. The van der Waals surface area contributed by atoms with Crippen LogP contribution in [-0.4, -0.2) is 15.6 Å². The first-order chi connectivity index (χ1) is 8.49. The lowest BCUT2D eigenvalue weighted by Gasteiger charge is -2.08. The number of carbonyl (C=O) groups is 1. The van der Waals surface area contributed by atoms with E-state index >= 15 is 0 Å². The topological polar surface area (TPSA) is 59.3 Å². The summed E-state index contributed by atoms with van der Waals surface area (Å²) in [6.07, 6.45) is 1.48. The molecular weight excluding hydrogens is 237 g/mol. The van der Waals surface area contributed by atoms with Crippen LogP contribution in [0, 0.1) is 12.7 Å². The molecule has 0 aliphatic rings. The SMILES string of the molecule is Cc1cc(C(=O)O)c(=O)n(-c2cccc(F)c2)c1. The summed E-state index contributed by atoms with van der Waals surface area (Å²) in [4.78, 5) is 22.9. The smallest absolute Gasteiger partial charge is 0.341 e. The molecule has 1 heterocycles. The van der Waals surface area contributed by atoms with E-state index in [1.165, 1.54) is 36.5 Å². The first kappa shape index (κ1) is 12.0. The summed E-state index contributed by atoms with van der Waals surface area (Å²) in [5.74, 6) is -1.79. The van der Waals surface area contributed by atoms with E-state index in [2.05, 4.69) is 0 Å². The Balaban J connectivity index is 2.72. The number of carboxylic acids is 1. The van der Waals surface area contributed by atoms with E-state index in [1.54, 1.807) is 6.92 Å². The third kappa shape index (κ3) is 2.15. The fourth-order valence-electron chi connectivity index (χ4n) is 1.69. The summed E-state index contributed by atoms with van der Waals surface area (Å²) < 4.78 is 14.2. The average Bonchev–Trinajstić information content (AvgIpc) is 2.31. The largest absolute Gasteiger partial charge is 0.477 e. The zero-order valence-electron chi connectivity index (χ0n) is 9.55. The number of carboxylic acid groups (broad SMARTS) is 1. The van der Waals surface area contributed by atoms with Gasteiger partial charge in [0.1, 0.15) is 11.4 Å². The van der Waals surface area contributed by atoms with Crippen LogP contribution in [-0.2, 0) is 0 Å². The number of aromatic carboxylic acids is 1. The number of aromatic nitrogens is 1. The normalized spacial score (nSPS) is 10.3. The van der Waals surface area contributed by atoms with Gasteiger partial charge in [0, 0.05) is 6.20 Å². The van der Waals surface area contributed by atoms with Crippen LogP contribution in [0.1, 0.15) is 15.9 Å². The minimum atomic E-state index is -1.30. The lowest BCUT2D eigenvalue weighted by molar-refractivity contribution is 0.0694. The second-order valence-corrected chi connectivity index (χ2v) is 3.89. The van der Waals surface area contributed by atoms with Crippen molar-refractivity contribution < 1.29 is 14.3 Å². The van der Waals surface area contributed by atoms with Gasteiger partial charge in [-0.2, -0.15) is 0 Å². The number of hydrogen-bond donors (Lipinski definition) is 1. The van der Waals surface area contributed by atoms with Crippen molar-refractivity contribution in [3.8, 4) is 5.69 Å². The molecule has 0 fully saturated rings. The summed E-state index contributed by atoms with van der Waals surface area (Å²) in [6.45, 7) is 1.67. The van der Waals surface area contributed by atoms with E-state index in [4.69, 9.17) is 5.11 Å². The van der Waals surface area contributed by atoms with Crippen molar-refractivity contribution >= 4 is 5.97 Å². The maximum atomic E-state index is 13.1. The molecule has 2 aromatic rings. The average molecular weight is 247 g/mol. The highest BCUT2D eigenvalue weighted by Gasteiger charge is 2.13. The van der Waals surface area contributed by atoms with E-state index in [-0.39, 0.29) is 5.56 Å². The zero-order valence-corrected chi connectivity index (χ0v) is 9.55. The fourth-order valence-corrected chi connectivity index (χ4v) is 1.69. The van der Waals surface area contributed by atoms with Gasteiger partial charge in [0.05, 0.1) is 5.69 Å². The van der Waals surface area contributed by atoms with Crippen molar-refractivity contribution in [3.05, 3.63) is 63.8 Å². The van der Waals surface area contributed by atoms with Gasteiger partial charge in [-0.3, -0.25) is 9.36 Å². The van der Waals surface area contributed by atoms with E-state index in [0.29, 0.717) is 11.3 Å². The molecule has 0 unspecified atom stereocenters. The molecule has 0 atom stereocenters. The summed E-state index contributed by atoms with van der Waals surface area (Å²) in [7, 11) is 0. The van der Waals surface area contributed by atoms with E-state index in [0.717, 1.165) is 4.57 Å². The first-order valence-electron chi connectivity index (χ1n) is 5.21. The lowest BCUT2D eigenvalue weighted by Crippen LogP contribution is -2.25. The lowest BCUT2D eigenvalue weighted by atomic mass is 10.2. The molecule has 0 amide bonds. The van der Waals surface area contributed by atoms with Crippen LogP contribution >= 0.6 is 0 Å². The van der Waals surface area contributed by atoms with Crippen molar-refractivity contribution in [1.29, 1.82) is 0 Å². The van der Waals surface area contributed by atoms with Crippen LogP contribution in [0.25, 0.3) is 5.69 Å². The number of benzene rings is 1. The van der Waals surface area contributed by atoms with Crippen molar-refractivity contribution in [2.24, 2.45) is 0 Å². The van der Waals surface area contributed by atoms with Crippen LogP contribution in [0.4, 0.5) is 4.39 Å². The summed E-state index contributed by atoms with van der Waals surface area (Å²) in [5, 5.41) is 8.93. The number of aryl methyl sites for hydroxylation is 1. The van der Waals surface area contributed by atoms with Crippen LogP contribution in [0.15, 0.2) is 41.3 Å². The highest BCUT2D eigenvalue weighted by Crippen LogP contribution is 2.09. The predicted molar refractivity (Wildman–Crippen MR) is 63.7 cm³/mol.